The predicted octanol–water partition coefficient (Wildman–Crippen LogP) is 7.52. The minimum absolute atomic E-state index is 0.110. The maximum Gasteiger partial charge on any atom is 0.320 e. The lowest BCUT2D eigenvalue weighted by molar-refractivity contribution is 0.217. The number of benzene rings is 4. The molecule has 5 aromatic rings. The van der Waals surface area contributed by atoms with Crippen molar-refractivity contribution in [2.45, 2.75) is 39.5 Å². The largest absolute Gasteiger partial charge is 0.507 e. The first-order chi connectivity index (χ1) is 18.1. The van der Waals surface area contributed by atoms with Gasteiger partial charge in [0.25, 0.3) is 0 Å². The molecule has 1 unspecified atom stereocenters. The molecule has 0 aliphatic rings. The normalized spacial score (nSPS) is 12.2. The Morgan fingerprint density at radius 3 is 2.16 bits per heavy atom. The Morgan fingerprint density at radius 2 is 1.43 bits per heavy atom. The Hall–Kier alpha value is -4.19. The average molecular weight is 494 g/mol. The average Bonchev–Trinajstić information content (AvgIpc) is 2.92. The smallest absolute Gasteiger partial charge is 0.320 e. The van der Waals surface area contributed by atoms with Gasteiger partial charge in [-0.05, 0) is 52.1 Å². The fourth-order valence-corrected chi connectivity index (χ4v) is 4.74. The number of phenolic OH excluding ortho intramolecular Hbond substituents is 2. The van der Waals surface area contributed by atoms with Gasteiger partial charge in [-0.2, -0.15) is 9.97 Å². The van der Waals surface area contributed by atoms with Crippen molar-refractivity contribution in [3.63, 3.8) is 0 Å². The number of rotatable bonds is 9. The summed E-state index contributed by atoms with van der Waals surface area (Å²) in [5, 5.41) is 25.4. The summed E-state index contributed by atoms with van der Waals surface area (Å²) in [4.78, 5) is 14.0. The minimum atomic E-state index is -0.110. The molecule has 0 fully saturated rings. The predicted molar refractivity (Wildman–Crippen MR) is 148 cm³/mol. The summed E-state index contributed by atoms with van der Waals surface area (Å²) in [6.07, 6.45) is 4.36. The molecule has 5 rings (SSSR count). The standard InChI is InChI=1S/C31H31N3O3/c1-3-5-11-20(4-2)19-37-31-33-29(32-30(34-31)28-26(35)16-10-17-27(28)36)25-18-21-12-6-7-13-22(21)23-14-8-9-15-24(23)25/h6-10,12-18,20,35-36H,3-5,11,19H2,1-2H3. The highest BCUT2D eigenvalue weighted by Gasteiger charge is 2.20. The topological polar surface area (TPSA) is 88.4 Å². The summed E-state index contributed by atoms with van der Waals surface area (Å²) in [7, 11) is 0. The SMILES string of the molecule is CCCCC(CC)COc1nc(-c2c(O)cccc2O)nc(-c2cc3ccccc3c3ccccc23)n1. The summed E-state index contributed by atoms with van der Waals surface area (Å²) in [5.74, 6) is 0.756. The first-order valence-electron chi connectivity index (χ1n) is 12.9. The molecule has 0 aliphatic carbocycles. The number of ether oxygens (including phenoxy) is 1. The van der Waals surface area contributed by atoms with Gasteiger partial charge in [0.2, 0.25) is 0 Å². The summed E-state index contributed by atoms with van der Waals surface area (Å²) in [6, 6.07) is 23.2. The van der Waals surface area contributed by atoms with Gasteiger partial charge in [0, 0.05) is 5.56 Å². The van der Waals surface area contributed by atoms with Gasteiger partial charge in [0.15, 0.2) is 11.6 Å². The van der Waals surface area contributed by atoms with Crippen molar-refractivity contribution in [3.8, 4) is 40.3 Å². The number of nitrogens with zero attached hydrogens (tertiary/aromatic N) is 3. The van der Waals surface area contributed by atoms with Crippen molar-refractivity contribution in [1.29, 1.82) is 0 Å². The molecule has 4 aromatic carbocycles. The van der Waals surface area contributed by atoms with Crippen molar-refractivity contribution in [2.75, 3.05) is 6.61 Å². The van der Waals surface area contributed by atoms with Crippen LogP contribution in [0.15, 0.2) is 72.8 Å². The molecular formula is C31H31N3O3. The fourth-order valence-electron chi connectivity index (χ4n) is 4.74. The van der Waals surface area contributed by atoms with E-state index in [4.69, 9.17) is 14.7 Å². The zero-order valence-electron chi connectivity index (χ0n) is 21.2. The maximum absolute atomic E-state index is 10.6. The first-order valence-corrected chi connectivity index (χ1v) is 12.9. The molecule has 1 atom stereocenters. The van der Waals surface area contributed by atoms with E-state index < -0.39 is 0 Å². The lowest BCUT2D eigenvalue weighted by atomic mass is 9.97. The molecule has 0 spiro atoms. The van der Waals surface area contributed by atoms with Crippen molar-refractivity contribution < 1.29 is 14.9 Å². The molecule has 0 bridgehead atoms. The molecular weight excluding hydrogens is 462 g/mol. The van der Waals surface area contributed by atoms with E-state index in [1.807, 2.05) is 24.3 Å². The van der Waals surface area contributed by atoms with Crippen LogP contribution in [0.1, 0.15) is 39.5 Å². The summed E-state index contributed by atoms with van der Waals surface area (Å²) < 4.78 is 6.13. The van der Waals surface area contributed by atoms with Crippen LogP contribution in [0.4, 0.5) is 0 Å². The minimum Gasteiger partial charge on any atom is -0.507 e. The summed E-state index contributed by atoms with van der Waals surface area (Å²) in [5.41, 5.74) is 0.981. The lowest BCUT2D eigenvalue weighted by Crippen LogP contribution is -2.13. The van der Waals surface area contributed by atoms with E-state index in [-0.39, 0.29) is 28.9 Å². The van der Waals surface area contributed by atoms with Gasteiger partial charge >= 0.3 is 6.01 Å². The van der Waals surface area contributed by atoms with E-state index in [9.17, 15) is 10.2 Å². The Bertz CT molecular complexity index is 1530. The molecule has 188 valence electrons. The van der Waals surface area contributed by atoms with Gasteiger partial charge < -0.3 is 14.9 Å². The van der Waals surface area contributed by atoms with Crippen LogP contribution >= 0.6 is 0 Å². The number of unbranched alkanes of at least 4 members (excludes halogenated alkanes) is 1. The van der Waals surface area contributed by atoms with Gasteiger partial charge in [-0.25, -0.2) is 4.98 Å². The molecule has 0 amide bonds. The van der Waals surface area contributed by atoms with Crippen molar-refractivity contribution in [3.05, 3.63) is 72.8 Å². The molecule has 2 N–H and O–H groups in total. The van der Waals surface area contributed by atoms with Gasteiger partial charge in [-0.15, -0.1) is 0 Å². The van der Waals surface area contributed by atoms with E-state index in [0.717, 1.165) is 52.8 Å². The highest BCUT2D eigenvalue weighted by Crippen LogP contribution is 2.38. The second-order valence-corrected chi connectivity index (χ2v) is 9.35. The third kappa shape index (κ3) is 5.05. The van der Waals surface area contributed by atoms with Crippen LogP contribution in [0.25, 0.3) is 44.3 Å². The van der Waals surface area contributed by atoms with Crippen LogP contribution < -0.4 is 4.74 Å². The highest BCUT2D eigenvalue weighted by atomic mass is 16.5. The molecule has 1 aromatic heterocycles. The van der Waals surface area contributed by atoms with Gasteiger partial charge in [-0.3, -0.25) is 0 Å². The zero-order chi connectivity index (χ0) is 25.8. The van der Waals surface area contributed by atoms with Crippen LogP contribution in [0, 0.1) is 5.92 Å². The quantitative estimate of drug-likeness (QED) is 0.206. The molecule has 6 nitrogen and oxygen atoms in total. The van der Waals surface area contributed by atoms with E-state index in [0.29, 0.717) is 18.3 Å². The number of aromatic nitrogens is 3. The second-order valence-electron chi connectivity index (χ2n) is 9.35. The fraction of sp³-hybridized carbons (Fsp3) is 0.258. The van der Waals surface area contributed by atoms with E-state index in [2.05, 4.69) is 49.2 Å². The molecule has 0 aliphatic heterocycles. The number of phenols is 2. The van der Waals surface area contributed by atoms with Crippen molar-refractivity contribution in [2.24, 2.45) is 5.92 Å². The maximum atomic E-state index is 10.6. The van der Waals surface area contributed by atoms with Crippen molar-refractivity contribution >= 4 is 21.5 Å². The third-order valence-electron chi connectivity index (χ3n) is 6.86. The number of aromatic hydroxyl groups is 2. The molecule has 6 heteroatoms. The van der Waals surface area contributed by atoms with Crippen LogP contribution in [-0.4, -0.2) is 31.8 Å². The van der Waals surface area contributed by atoms with E-state index in [1.54, 1.807) is 6.07 Å². The number of hydrogen-bond acceptors (Lipinski definition) is 6. The van der Waals surface area contributed by atoms with Crippen LogP contribution in [-0.2, 0) is 0 Å². The Kier molecular flexibility index (Phi) is 7.17. The lowest BCUT2D eigenvalue weighted by Gasteiger charge is -2.16. The highest BCUT2D eigenvalue weighted by molar-refractivity contribution is 6.13. The second kappa shape index (κ2) is 10.8. The Labute approximate surface area is 216 Å². The van der Waals surface area contributed by atoms with Crippen LogP contribution in [0.5, 0.6) is 17.5 Å². The van der Waals surface area contributed by atoms with Gasteiger partial charge in [0.05, 0.1) is 6.61 Å². The van der Waals surface area contributed by atoms with E-state index in [1.165, 1.54) is 12.1 Å². The molecule has 0 saturated heterocycles. The molecule has 0 saturated carbocycles. The third-order valence-corrected chi connectivity index (χ3v) is 6.86. The van der Waals surface area contributed by atoms with E-state index >= 15 is 0 Å². The monoisotopic (exact) mass is 493 g/mol. The Balaban J connectivity index is 1.68. The molecule has 37 heavy (non-hydrogen) atoms. The summed E-state index contributed by atoms with van der Waals surface area (Å²) >= 11 is 0. The Morgan fingerprint density at radius 1 is 0.757 bits per heavy atom. The summed E-state index contributed by atoms with van der Waals surface area (Å²) in [6.45, 7) is 4.84. The number of fused-ring (bicyclic) bond motifs is 3. The first kappa shape index (κ1) is 24.5. The van der Waals surface area contributed by atoms with Crippen LogP contribution in [0.3, 0.4) is 0 Å². The zero-order valence-corrected chi connectivity index (χ0v) is 21.2. The van der Waals surface area contributed by atoms with Crippen LogP contribution in [0.2, 0.25) is 0 Å². The molecule has 1 heterocycles. The van der Waals surface area contributed by atoms with Gasteiger partial charge in [-0.1, -0.05) is 87.7 Å². The van der Waals surface area contributed by atoms with Crippen molar-refractivity contribution in [1.82, 2.24) is 15.0 Å². The van der Waals surface area contributed by atoms with Gasteiger partial charge in [0.1, 0.15) is 17.1 Å². The number of hydrogen-bond donors (Lipinski definition) is 2. The molecule has 0 radical (unpaired) electrons.